The minimum Gasteiger partial charge on any atom is -0.480 e. The van der Waals surface area contributed by atoms with Crippen LogP contribution in [0.1, 0.15) is 13.8 Å². The highest BCUT2D eigenvalue weighted by Crippen LogP contribution is 1.96. The molecule has 0 fully saturated rings. The number of amides is 1. The van der Waals surface area contributed by atoms with Crippen LogP contribution in [0.2, 0.25) is 0 Å². The Morgan fingerprint density at radius 2 is 1.67 bits per heavy atom. The minimum atomic E-state index is -0.931. The summed E-state index contributed by atoms with van der Waals surface area (Å²) in [6, 6.07) is -1.62. The monoisotopic (exact) mass is 221 g/mol. The van der Waals surface area contributed by atoms with Gasteiger partial charge >= 0.3 is 5.97 Å². The van der Waals surface area contributed by atoms with Gasteiger partial charge in [-0.05, 0) is 5.92 Å². The second-order valence-corrected chi connectivity index (χ2v) is 3.30. The smallest absolute Gasteiger partial charge is 0.320 e. The SMILES string of the molecule is CC(C)C(N)C(=O)O.NC(=O)C(N)CO. The van der Waals surface area contributed by atoms with Crippen LogP contribution in [-0.4, -0.2) is 40.8 Å². The van der Waals surface area contributed by atoms with Crippen molar-refractivity contribution in [3.05, 3.63) is 0 Å². The normalized spacial score (nSPS) is 13.7. The van der Waals surface area contributed by atoms with Crippen LogP contribution in [0.25, 0.3) is 0 Å². The number of aliphatic hydroxyl groups excluding tert-OH is 1. The highest BCUT2D eigenvalue weighted by molar-refractivity contribution is 5.79. The van der Waals surface area contributed by atoms with Crippen molar-refractivity contribution in [3.8, 4) is 0 Å². The van der Waals surface area contributed by atoms with Crippen molar-refractivity contribution in [1.29, 1.82) is 0 Å². The zero-order valence-electron chi connectivity index (χ0n) is 8.88. The maximum atomic E-state index is 10.0. The van der Waals surface area contributed by atoms with Crippen molar-refractivity contribution < 1.29 is 19.8 Å². The fourth-order valence-corrected chi connectivity index (χ4v) is 0.375. The molecule has 0 radical (unpaired) electrons. The number of carboxylic acid groups (broad SMARTS) is 1. The van der Waals surface area contributed by atoms with Gasteiger partial charge in [-0.1, -0.05) is 13.8 Å². The van der Waals surface area contributed by atoms with Gasteiger partial charge < -0.3 is 27.4 Å². The Bertz CT molecular complexity index is 208. The van der Waals surface area contributed by atoms with Gasteiger partial charge in [0.25, 0.3) is 0 Å². The third-order valence-corrected chi connectivity index (χ3v) is 1.57. The molecule has 0 heterocycles. The zero-order valence-corrected chi connectivity index (χ0v) is 8.88. The van der Waals surface area contributed by atoms with E-state index in [0.717, 1.165) is 0 Å². The molecule has 90 valence electrons. The number of hydrogen-bond donors (Lipinski definition) is 5. The van der Waals surface area contributed by atoms with Crippen LogP contribution in [0.5, 0.6) is 0 Å². The molecule has 0 aliphatic rings. The van der Waals surface area contributed by atoms with E-state index in [9.17, 15) is 9.59 Å². The summed E-state index contributed by atoms with van der Waals surface area (Å²) in [6.07, 6.45) is 0. The van der Waals surface area contributed by atoms with E-state index in [0.29, 0.717) is 0 Å². The lowest BCUT2D eigenvalue weighted by molar-refractivity contribution is -0.139. The van der Waals surface area contributed by atoms with Gasteiger partial charge in [0.1, 0.15) is 12.1 Å². The molecule has 15 heavy (non-hydrogen) atoms. The summed E-state index contributed by atoms with van der Waals surface area (Å²) in [4.78, 5) is 19.9. The molecule has 0 rings (SSSR count). The number of rotatable bonds is 4. The van der Waals surface area contributed by atoms with E-state index in [1.165, 1.54) is 0 Å². The molecule has 2 atom stereocenters. The van der Waals surface area contributed by atoms with E-state index in [-0.39, 0.29) is 12.5 Å². The van der Waals surface area contributed by atoms with Crippen molar-refractivity contribution in [2.75, 3.05) is 6.61 Å². The van der Waals surface area contributed by atoms with Crippen LogP contribution in [-0.2, 0) is 9.59 Å². The summed E-state index contributed by atoms with van der Waals surface area (Å²) in [5.41, 5.74) is 14.7. The number of carbonyl (C=O) groups is 2. The number of nitrogens with two attached hydrogens (primary N) is 3. The summed E-state index contributed by atoms with van der Waals surface area (Å²) in [6.45, 7) is 3.17. The van der Waals surface area contributed by atoms with E-state index >= 15 is 0 Å². The third kappa shape index (κ3) is 9.13. The Morgan fingerprint density at radius 3 is 1.67 bits per heavy atom. The van der Waals surface area contributed by atoms with Crippen LogP contribution in [0.3, 0.4) is 0 Å². The van der Waals surface area contributed by atoms with Crippen LogP contribution in [0.4, 0.5) is 0 Å². The molecule has 0 spiro atoms. The summed E-state index contributed by atoms with van der Waals surface area (Å²) in [5, 5.41) is 16.3. The molecule has 2 unspecified atom stereocenters. The third-order valence-electron chi connectivity index (χ3n) is 1.57. The molecule has 7 nitrogen and oxygen atoms in total. The van der Waals surface area contributed by atoms with Gasteiger partial charge in [-0.2, -0.15) is 0 Å². The van der Waals surface area contributed by atoms with Crippen LogP contribution >= 0.6 is 0 Å². The second-order valence-electron chi connectivity index (χ2n) is 3.30. The summed E-state index contributed by atoms with van der Waals surface area (Å²) in [5.74, 6) is -1.59. The van der Waals surface area contributed by atoms with E-state index in [4.69, 9.17) is 21.7 Å². The summed E-state index contributed by atoms with van der Waals surface area (Å²) < 4.78 is 0. The molecular formula is C8H19N3O4. The Balaban J connectivity index is 0. The molecular weight excluding hydrogens is 202 g/mol. The number of aliphatic carboxylic acids is 1. The average molecular weight is 221 g/mol. The molecule has 0 aromatic rings. The Morgan fingerprint density at radius 1 is 1.27 bits per heavy atom. The molecule has 0 aromatic carbocycles. The largest absolute Gasteiger partial charge is 0.480 e. The first-order chi connectivity index (χ1) is 6.73. The molecule has 0 aromatic heterocycles. The van der Waals surface area contributed by atoms with Crippen molar-refractivity contribution in [3.63, 3.8) is 0 Å². The van der Waals surface area contributed by atoms with Gasteiger partial charge in [0.05, 0.1) is 6.61 Å². The van der Waals surface area contributed by atoms with Crippen LogP contribution in [0, 0.1) is 5.92 Å². The van der Waals surface area contributed by atoms with Crippen molar-refractivity contribution in [1.82, 2.24) is 0 Å². The molecule has 0 aliphatic heterocycles. The summed E-state index contributed by atoms with van der Waals surface area (Å²) >= 11 is 0. The molecule has 0 aliphatic carbocycles. The molecule has 7 heteroatoms. The Kier molecular flexibility index (Phi) is 8.84. The predicted molar refractivity (Wildman–Crippen MR) is 54.7 cm³/mol. The van der Waals surface area contributed by atoms with Gasteiger partial charge in [0.15, 0.2) is 0 Å². The van der Waals surface area contributed by atoms with E-state index in [1.54, 1.807) is 13.8 Å². The van der Waals surface area contributed by atoms with Gasteiger partial charge in [0.2, 0.25) is 5.91 Å². The lowest BCUT2D eigenvalue weighted by atomic mass is 10.1. The van der Waals surface area contributed by atoms with Gasteiger partial charge in [0, 0.05) is 0 Å². The maximum absolute atomic E-state index is 10.0. The number of hydrogen-bond acceptors (Lipinski definition) is 5. The standard InChI is InChI=1S/C5H11NO2.C3H8N2O2/c1-3(2)4(6)5(7)8;4-2(1-6)3(5)7/h3-4H,6H2,1-2H3,(H,7,8);2,6H,1,4H2,(H2,5,7). The number of carboxylic acids is 1. The minimum absolute atomic E-state index is 0.0208. The zero-order chi connectivity index (χ0) is 12.6. The van der Waals surface area contributed by atoms with Crippen molar-refractivity contribution >= 4 is 11.9 Å². The van der Waals surface area contributed by atoms with Gasteiger partial charge in [-0.15, -0.1) is 0 Å². The van der Waals surface area contributed by atoms with Crippen LogP contribution < -0.4 is 17.2 Å². The molecule has 0 bridgehead atoms. The maximum Gasteiger partial charge on any atom is 0.320 e. The quantitative estimate of drug-likeness (QED) is 0.364. The first kappa shape index (κ1) is 16.3. The second kappa shape index (κ2) is 8.16. The Hall–Kier alpha value is -1.18. The highest BCUT2D eigenvalue weighted by atomic mass is 16.4. The van der Waals surface area contributed by atoms with E-state index < -0.39 is 24.0 Å². The van der Waals surface area contributed by atoms with Gasteiger partial charge in [-0.3, -0.25) is 9.59 Å². The van der Waals surface area contributed by atoms with Crippen molar-refractivity contribution in [2.24, 2.45) is 23.1 Å². The molecule has 8 N–H and O–H groups in total. The van der Waals surface area contributed by atoms with Crippen LogP contribution in [0.15, 0.2) is 0 Å². The molecule has 0 saturated carbocycles. The Labute approximate surface area is 88.2 Å². The molecule has 1 amide bonds. The first-order valence-corrected chi connectivity index (χ1v) is 4.38. The van der Waals surface area contributed by atoms with Gasteiger partial charge in [-0.25, -0.2) is 0 Å². The number of carbonyl (C=O) groups excluding carboxylic acids is 1. The van der Waals surface area contributed by atoms with E-state index in [1.807, 2.05) is 0 Å². The first-order valence-electron chi connectivity index (χ1n) is 4.38. The lowest BCUT2D eigenvalue weighted by Crippen LogP contribution is -2.39. The van der Waals surface area contributed by atoms with E-state index in [2.05, 4.69) is 5.73 Å². The summed E-state index contributed by atoms with van der Waals surface area (Å²) in [7, 11) is 0. The number of aliphatic hydroxyl groups is 1. The number of primary amides is 1. The molecule has 0 saturated heterocycles. The average Bonchev–Trinajstić information content (AvgIpc) is 2.15. The fraction of sp³-hybridized carbons (Fsp3) is 0.750. The fourth-order valence-electron chi connectivity index (χ4n) is 0.375. The lowest BCUT2D eigenvalue weighted by Gasteiger charge is -2.07. The van der Waals surface area contributed by atoms with Crippen molar-refractivity contribution in [2.45, 2.75) is 25.9 Å². The highest BCUT2D eigenvalue weighted by Gasteiger charge is 2.14. The predicted octanol–water partition coefficient (Wildman–Crippen LogP) is -2.15. The topological polar surface area (TPSA) is 153 Å².